The average molecular weight is 378 g/mol. The van der Waals surface area contributed by atoms with Gasteiger partial charge in [-0.25, -0.2) is 4.39 Å². The molecule has 0 bridgehead atoms. The minimum Gasteiger partial charge on any atom is -0.496 e. The Morgan fingerprint density at radius 2 is 1.88 bits per heavy atom. The molecule has 0 fully saturated rings. The quantitative estimate of drug-likeness (QED) is 0.737. The van der Waals surface area contributed by atoms with Crippen LogP contribution in [-0.4, -0.2) is 13.0 Å². The van der Waals surface area contributed by atoms with Crippen molar-refractivity contribution < 1.29 is 13.9 Å². The molecule has 1 atom stereocenters. The molecule has 5 heteroatoms. The van der Waals surface area contributed by atoms with Crippen molar-refractivity contribution in [3.63, 3.8) is 0 Å². The second-order valence-electron chi connectivity index (χ2n) is 6.81. The topological polar surface area (TPSA) is 38.3 Å². The Morgan fingerprint density at radius 1 is 1.19 bits per heavy atom. The molecule has 0 saturated carbocycles. The van der Waals surface area contributed by atoms with E-state index >= 15 is 0 Å². The maximum absolute atomic E-state index is 13.9. The van der Waals surface area contributed by atoms with Crippen molar-refractivity contribution in [2.45, 2.75) is 46.1 Å². The Balaban J connectivity index is 2.17. The summed E-state index contributed by atoms with van der Waals surface area (Å²) in [4.78, 5) is 12.4. The highest BCUT2D eigenvalue weighted by Crippen LogP contribution is 2.32. The van der Waals surface area contributed by atoms with Gasteiger partial charge in [0.25, 0.3) is 0 Å². The third-order valence-corrected chi connectivity index (χ3v) is 4.69. The SMILES string of the molecule is COc1cc(C)c([C@@H](C)NC(=O)Cc2ccc(Cl)cc2F)cc1C(C)C. The highest BCUT2D eigenvalue weighted by molar-refractivity contribution is 6.30. The lowest BCUT2D eigenvalue weighted by Gasteiger charge is -2.21. The van der Waals surface area contributed by atoms with Crippen LogP contribution in [0.15, 0.2) is 30.3 Å². The zero-order valence-electron chi connectivity index (χ0n) is 15.8. The van der Waals surface area contributed by atoms with E-state index in [2.05, 4.69) is 25.2 Å². The largest absolute Gasteiger partial charge is 0.496 e. The van der Waals surface area contributed by atoms with Crippen LogP contribution in [0.1, 0.15) is 55.0 Å². The summed E-state index contributed by atoms with van der Waals surface area (Å²) in [5, 5.41) is 3.27. The fraction of sp³-hybridized carbons (Fsp3) is 0.381. The fourth-order valence-corrected chi connectivity index (χ4v) is 3.18. The van der Waals surface area contributed by atoms with Crippen LogP contribution < -0.4 is 10.1 Å². The van der Waals surface area contributed by atoms with Crippen LogP contribution in [0.3, 0.4) is 0 Å². The maximum atomic E-state index is 13.9. The molecule has 0 aromatic heterocycles. The normalized spacial score (nSPS) is 12.2. The number of benzene rings is 2. The predicted octanol–water partition coefficient (Wildman–Crippen LogP) is 5.34. The minimum absolute atomic E-state index is 0.0282. The second-order valence-corrected chi connectivity index (χ2v) is 7.24. The van der Waals surface area contributed by atoms with Gasteiger partial charge in [-0.3, -0.25) is 4.79 Å². The zero-order chi connectivity index (χ0) is 19.4. The first-order valence-corrected chi connectivity index (χ1v) is 9.02. The molecule has 1 amide bonds. The lowest BCUT2D eigenvalue weighted by Crippen LogP contribution is -2.29. The summed E-state index contributed by atoms with van der Waals surface area (Å²) in [6.45, 7) is 8.12. The first kappa shape index (κ1) is 20.2. The highest BCUT2D eigenvalue weighted by Gasteiger charge is 2.17. The monoisotopic (exact) mass is 377 g/mol. The van der Waals surface area contributed by atoms with Crippen LogP contribution in [-0.2, 0) is 11.2 Å². The number of hydrogen-bond acceptors (Lipinski definition) is 2. The van der Waals surface area contributed by atoms with Gasteiger partial charge in [0.1, 0.15) is 11.6 Å². The number of nitrogens with one attached hydrogen (secondary N) is 1. The van der Waals surface area contributed by atoms with Crippen molar-refractivity contribution in [1.29, 1.82) is 0 Å². The Kier molecular flexibility index (Phi) is 6.65. The summed E-state index contributed by atoms with van der Waals surface area (Å²) in [5.41, 5.74) is 3.49. The summed E-state index contributed by atoms with van der Waals surface area (Å²) in [6, 6.07) is 8.22. The van der Waals surface area contributed by atoms with E-state index in [-0.39, 0.29) is 18.4 Å². The predicted molar refractivity (Wildman–Crippen MR) is 103 cm³/mol. The number of ether oxygens (including phenoxy) is 1. The molecule has 140 valence electrons. The number of halogens is 2. The van der Waals surface area contributed by atoms with Gasteiger partial charge in [0.05, 0.1) is 19.6 Å². The number of rotatable bonds is 6. The number of carbonyl (C=O) groups is 1. The van der Waals surface area contributed by atoms with Gasteiger partial charge in [0.2, 0.25) is 5.91 Å². The van der Waals surface area contributed by atoms with Gasteiger partial charge in [-0.15, -0.1) is 0 Å². The average Bonchev–Trinajstić information content (AvgIpc) is 2.56. The first-order valence-electron chi connectivity index (χ1n) is 8.64. The molecule has 2 rings (SSSR count). The van der Waals surface area contributed by atoms with Crippen LogP contribution in [0.25, 0.3) is 0 Å². The Morgan fingerprint density at radius 3 is 2.46 bits per heavy atom. The summed E-state index contributed by atoms with van der Waals surface area (Å²) < 4.78 is 19.3. The van der Waals surface area contributed by atoms with Crippen LogP contribution in [0.4, 0.5) is 4.39 Å². The van der Waals surface area contributed by atoms with Gasteiger partial charge >= 0.3 is 0 Å². The first-order chi connectivity index (χ1) is 12.2. The fourth-order valence-electron chi connectivity index (χ4n) is 3.02. The number of methoxy groups -OCH3 is 1. The molecule has 0 aliphatic rings. The lowest BCUT2D eigenvalue weighted by atomic mass is 9.93. The van der Waals surface area contributed by atoms with Crippen LogP contribution in [0.2, 0.25) is 5.02 Å². The Bertz CT molecular complexity index is 805. The molecule has 0 spiro atoms. The summed E-state index contributed by atoms with van der Waals surface area (Å²) in [6.07, 6.45) is -0.0282. The highest BCUT2D eigenvalue weighted by atomic mass is 35.5. The summed E-state index contributed by atoms with van der Waals surface area (Å²) in [5.74, 6) is 0.446. The molecule has 2 aromatic rings. The van der Waals surface area contributed by atoms with Crippen molar-refractivity contribution in [2.24, 2.45) is 0 Å². The lowest BCUT2D eigenvalue weighted by molar-refractivity contribution is -0.121. The smallest absolute Gasteiger partial charge is 0.225 e. The van der Waals surface area contributed by atoms with Crippen molar-refractivity contribution in [1.82, 2.24) is 5.32 Å². The molecule has 3 nitrogen and oxygen atoms in total. The van der Waals surface area contributed by atoms with Crippen LogP contribution >= 0.6 is 11.6 Å². The molecular weight excluding hydrogens is 353 g/mol. The molecule has 0 saturated heterocycles. The summed E-state index contributed by atoms with van der Waals surface area (Å²) in [7, 11) is 1.66. The van der Waals surface area contributed by atoms with Gasteiger partial charge < -0.3 is 10.1 Å². The summed E-state index contributed by atoms with van der Waals surface area (Å²) >= 11 is 5.75. The van der Waals surface area contributed by atoms with Crippen molar-refractivity contribution >= 4 is 17.5 Å². The van der Waals surface area contributed by atoms with Gasteiger partial charge in [0, 0.05) is 5.02 Å². The standard InChI is InChI=1S/C21H25ClFNO2/c1-12(2)17-11-18(13(3)8-20(17)26-5)14(4)24-21(25)9-15-6-7-16(22)10-19(15)23/h6-8,10-12,14H,9H2,1-5H3,(H,24,25)/t14-/m1/s1. The van der Waals surface area contributed by atoms with E-state index in [0.717, 1.165) is 22.4 Å². The molecule has 1 N–H and O–H groups in total. The van der Waals surface area contributed by atoms with Gasteiger partial charge in [-0.1, -0.05) is 31.5 Å². The molecule has 0 unspecified atom stereocenters. The van der Waals surface area contributed by atoms with E-state index in [1.54, 1.807) is 13.2 Å². The second kappa shape index (κ2) is 8.54. The maximum Gasteiger partial charge on any atom is 0.225 e. The van der Waals surface area contributed by atoms with E-state index in [4.69, 9.17) is 16.3 Å². The third kappa shape index (κ3) is 4.76. The van der Waals surface area contributed by atoms with E-state index in [9.17, 15) is 9.18 Å². The van der Waals surface area contributed by atoms with Gasteiger partial charge in [-0.05, 0) is 66.3 Å². The molecule has 0 radical (unpaired) electrons. The van der Waals surface area contributed by atoms with Crippen LogP contribution in [0.5, 0.6) is 5.75 Å². The van der Waals surface area contributed by atoms with E-state index in [1.807, 2.05) is 19.9 Å². The number of carbonyl (C=O) groups excluding carboxylic acids is 1. The van der Waals surface area contributed by atoms with Crippen LogP contribution in [0, 0.1) is 12.7 Å². The van der Waals surface area contributed by atoms with E-state index < -0.39 is 5.82 Å². The minimum atomic E-state index is -0.469. The zero-order valence-corrected chi connectivity index (χ0v) is 16.6. The molecule has 2 aromatic carbocycles. The Hall–Kier alpha value is -2.07. The molecule has 0 heterocycles. The number of hydrogen-bond donors (Lipinski definition) is 1. The van der Waals surface area contributed by atoms with Gasteiger partial charge in [0.15, 0.2) is 0 Å². The number of amides is 1. The molecule has 26 heavy (non-hydrogen) atoms. The van der Waals surface area contributed by atoms with E-state index in [0.29, 0.717) is 16.5 Å². The van der Waals surface area contributed by atoms with Crippen molar-refractivity contribution in [2.75, 3.05) is 7.11 Å². The van der Waals surface area contributed by atoms with Crippen molar-refractivity contribution in [3.05, 3.63) is 63.4 Å². The van der Waals surface area contributed by atoms with Gasteiger partial charge in [-0.2, -0.15) is 0 Å². The Labute approximate surface area is 159 Å². The molecular formula is C21H25ClFNO2. The third-order valence-electron chi connectivity index (χ3n) is 4.45. The number of aryl methyl sites for hydroxylation is 1. The van der Waals surface area contributed by atoms with Crippen molar-refractivity contribution in [3.8, 4) is 5.75 Å². The van der Waals surface area contributed by atoms with E-state index in [1.165, 1.54) is 12.1 Å². The molecule has 0 aliphatic heterocycles. The molecule has 0 aliphatic carbocycles.